The third-order valence-electron chi connectivity index (χ3n) is 4.63. The topological polar surface area (TPSA) is 77.6 Å². The lowest BCUT2D eigenvalue weighted by Gasteiger charge is -2.38. The molecule has 3 heterocycles. The maximum atomic E-state index is 13.0. The van der Waals surface area contributed by atoms with Crippen LogP contribution in [0, 0.1) is 5.41 Å². The number of aromatic nitrogens is 5. The van der Waals surface area contributed by atoms with Gasteiger partial charge in [-0.25, -0.2) is 4.68 Å². The van der Waals surface area contributed by atoms with Crippen LogP contribution in [0.1, 0.15) is 38.4 Å². The average molecular weight is 344 g/mol. The van der Waals surface area contributed by atoms with Gasteiger partial charge < -0.3 is 5.32 Å². The van der Waals surface area contributed by atoms with Gasteiger partial charge in [-0.3, -0.25) is 9.48 Å². The molecule has 0 saturated heterocycles. The maximum Gasteiger partial charge on any atom is 0.227 e. The molecule has 0 spiro atoms. The van der Waals surface area contributed by atoms with Gasteiger partial charge in [0.2, 0.25) is 11.1 Å². The van der Waals surface area contributed by atoms with Gasteiger partial charge in [0.15, 0.2) is 5.78 Å². The number of ketones is 1. The first-order valence-corrected chi connectivity index (χ1v) is 9.14. The highest BCUT2D eigenvalue weighted by Crippen LogP contribution is 2.45. The maximum absolute atomic E-state index is 13.0. The molecule has 24 heavy (non-hydrogen) atoms. The van der Waals surface area contributed by atoms with E-state index in [0.29, 0.717) is 17.5 Å². The van der Waals surface area contributed by atoms with E-state index in [1.807, 2.05) is 24.1 Å². The fourth-order valence-corrected chi connectivity index (χ4v) is 3.95. The van der Waals surface area contributed by atoms with Crippen molar-refractivity contribution in [3.05, 3.63) is 29.2 Å². The molecule has 2 aliphatic rings. The van der Waals surface area contributed by atoms with Crippen LogP contribution < -0.4 is 5.32 Å². The summed E-state index contributed by atoms with van der Waals surface area (Å²) in [5.41, 5.74) is 2.65. The minimum atomic E-state index is -0.277. The molecular formula is C16H20N6OS. The zero-order valence-electron chi connectivity index (χ0n) is 14.2. The molecule has 7 nitrogen and oxygen atoms in total. The van der Waals surface area contributed by atoms with Crippen LogP contribution in [0.3, 0.4) is 0 Å². The number of Topliss-reactive ketones (excluding diaryl/α,β-unsaturated/α-hetero) is 1. The van der Waals surface area contributed by atoms with Crippen LogP contribution in [-0.2, 0) is 11.8 Å². The number of hydrogen-bond donors (Lipinski definition) is 1. The Kier molecular flexibility index (Phi) is 3.35. The SMILES string of the molecule is CSc1nc2n(n1)C(c1ccnn1C)C1=C(CC(C)(C)CC1=O)N2. The molecule has 0 amide bonds. The smallest absolute Gasteiger partial charge is 0.227 e. The molecule has 0 aromatic carbocycles. The fourth-order valence-electron chi connectivity index (χ4n) is 3.60. The monoisotopic (exact) mass is 344 g/mol. The number of rotatable bonds is 2. The Balaban J connectivity index is 1.93. The lowest BCUT2D eigenvalue weighted by molar-refractivity contribution is -0.118. The molecule has 0 fully saturated rings. The van der Waals surface area contributed by atoms with E-state index < -0.39 is 0 Å². The van der Waals surface area contributed by atoms with Crippen LogP contribution in [0.15, 0.2) is 28.7 Å². The molecule has 0 saturated carbocycles. The largest absolute Gasteiger partial charge is 0.328 e. The van der Waals surface area contributed by atoms with Crippen molar-refractivity contribution in [3.8, 4) is 0 Å². The second-order valence-corrected chi connectivity index (χ2v) is 7.88. The zero-order chi connectivity index (χ0) is 17.1. The molecule has 8 heteroatoms. The van der Waals surface area contributed by atoms with Gasteiger partial charge in [-0.1, -0.05) is 25.6 Å². The minimum Gasteiger partial charge on any atom is -0.328 e. The fraction of sp³-hybridized carbons (Fsp3) is 0.500. The Morgan fingerprint density at radius 3 is 2.83 bits per heavy atom. The van der Waals surface area contributed by atoms with Crippen LogP contribution in [0.2, 0.25) is 0 Å². The number of nitrogens with one attached hydrogen (secondary N) is 1. The number of carbonyl (C=O) groups excluding carboxylic acids is 1. The number of hydrogen-bond acceptors (Lipinski definition) is 6. The van der Waals surface area contributed by atoms with Crippen LogP contribution in [0.25, 0.3) is 0 Å². The summed E-state index contributed by atoms with van der Waals surface area (Å²) >= 11 is 1.49. The first-order valence-electron chi connectivity index (χ1n) is 7.91. The lowest BCUT2D eigenvalue weighted by atomic mass is 9.73. The molecule has 1 aliphatic carbocycles. The minimum absolute atomic E-state index is 0.0511. The van der Waals surface area contributed by atoms with E-state index in [1.165, 1.54) is 11.8 Å². The Labute approximate surface area is 144 Å². The number of allylic oxidation sites excluding steroid dienone is 2. The molecule has 1 aliphatic heterocycles. The van der Waals surface area contributed by atoms with Crippen LogP contribution in [0.5, 0.6) is 0 Å². The molecule has 126 valence electrons. The normalized spacial score (nSPS) is 22.2. The summed E-state index contributed by atoms with van der Waals surface area (Å²) in [5, 5.41) is 12.9. The van der Waals surface area contributed by atoms with Gasteiger partial charge in [0.25, 0.3) is 0 Å². The highest BCUT2D eigenvalue weighted by molar-refractivity contribution is 7.98. The third-order valence-corrected chi connectivity index (χ3v) is 5.17. The van der Waals surface area contributed by atoms with Gasteiger partial charge in [-0.05, 0) is 24.2 Å². The van der Waals surface area contributed by atoms with E-state index in [-0.39, 0.29) is 17.2 Å². The first-order chi connectivity index (χ1) is 11.4. The predicted octanol–water partition coefficient (Wildman–Crippen LogP) is 2.39. The first kappa shape index (κ1) is 15.4. The number of fused-ring (bicyclic) bond motifs is 1. The summed E-state index contributed by atoms with van der Waals surface area (Å²) in [6, 6.07) is 1.67. The van der Waals surface area contributed by atoms with Crippen molar-refractivity contribution in [1.82, 2.24) is 24.5 Å². The number of aryl methyl sites for hydroxylation is 1. The Morgan fingerprint density at radius 1 is 1.38 bits per heavy atom. The van der Waals surface area contributed by atoms with E-state index in [1.54, 1.807) is 10.9 Å². The summed E-state index contributed by atoms with van der Waals surface area (Å²) in [6.45, 7) is 4.25. The van der Waals surface area contributed by atoms with Gasteiger partial charge in [0.1, 0.15) is 6.04 Å². The zero-order valence-corrected chi connectivity index (χ0v) is 15.0. The van der Waals surface area contributed by atoms with Gasteiger partial charge in [-0.2, -0.15) is 10.1 Å². The van der Waals surface area contributed by atoms with Crippen molar-refractivity contribution in [2.75, 3.05) is 11.6 Å². The number of nitrogens with zero attached hydrogens (tertiary/aromatic N) is 5. The second kappa shape index (κ2) is 5.20. The molecule has 1 unspecified atom stereocenters. The van der Waals surface area contributed by atoms with E-state index in [9.17, 15) is 4.79 Å². The van der Waals surface area contributed by atoms with E-state index in [2.05, 4.69) is 34.3 Å². The Morgan fingerprint density at radius 2 is 2.17 bits per heavy atom. The predicted molar refractivity (Wildman–Crippen MR) is 91.8 cm³/mol. The standard InChI is InChI=1S/C16H20N6OS/c1-16(2)7-9-12(11(23)8-16)13(10-5-6-17-21(10)3)22-14(18-9)19-15(20-22)24-4/h5-6,13H,7-8H2,1-4H3,(H,18,19,20). The van der Waals surface area contributed by atoms with Crippen molar-refractivity contribution < 1.29 is 4.79 Å². The van der Waals surface area contributed by atoms with Gasteiger partial charge in [0.05, 0.1) is 5.69 Å². The second-order valence-electron chi connectivity index (χ2n) is 7.11. The molecule has 2 aromatic heterocycles. The Bertz CT molecular complexity index is 862. The summed E-state index contributed by atoms with van der Waals surface area (Å²) in [5.74, 6) is 0.863. The van der Waals surface area contributed by atoms with Gasteiger partial charge in [0, 0.05) is 30.9 Å². The molecule has 4 rings (SSSR count). The average Bonchev–Trinajstić information content (AvgIpc) is 3.09. The van der Waals surface area contributed by atoms with E-state index in [0.717, 1.165) is 23.4 Å². The van der Waals surface area contributed by atoms with Crippen molar-refractivity contribution in [2.24, 2.45) is 12.5 Å². The van der Waals surface area contributed by atoms with E-state index in [4.69, 9.17) is 0 Å². The van der Waals surface area contributed by atoms with Crippen molar-refractivity contribution in [1.29, 1.82) is 0 Å². The summed E-state index contributed by atoms with van der Waals surface area (Å²) in [7, 11) is 1.89. The van der Waals surface area contributed by atoms with Crippen LogP contribution in [0.4, 0.5) is 5.95 Å². The summed E-state index contributed by atoms with van der Waals surface area (Å²) in [6.07, 6.45) is 5.06. The number of carbonyl (C=O) groups is 1. The van der Waals surface area contributed by atoms with E-state index >= 15 is 0 Å². The molecule has 0 bridgehead atoms. The highest BCUT2D eigenvalue weighted by Gasteiger charge is 2.42. The molecular weight excluding hydrogens is 324 g/mol. The van der Waals surface area contributed by atoms with Crippen LogP contribution in [-0.4, -0.2) is 36.6 Å². The molecule has 0 radical (unpaired) electrons. The summed E-state index contributed by atoms with van der Waals surface area (Å²) < 4.78 is 3.62. The van der Waals surface area contributed by atoms with Crippen molar-refractivity contribution >= 4 is 23.5 Å². The quantitative estimate of drug-likeness (QED) is 0.843. The third kappa shape index (κ3) is 2.28. The number of thioether (sulfide) groups is 1. The number of anilines is 1. The molecule has 1 N–H and O–H groups in total. The van der Waals surface area contributed by atoms with Gasteiger partial charge in [-0.15, -0.1) is 5.10 Å². The summed E-state index contributed by atoms with van der Waals surface area (Å²) in [4.78, 5) is 17.5. The Hall–Kier alpha value is -2.09. The van der Waals surface area contributed by atoms with Crippen molar-refractivity contribution in [2.45, 2.75) is 37.9 Å². The van der Waals surface area contributed by atoms with Crippen LogP contribution >= 0.6 is 11.8 Å². The lowest BCUT2D eigenvalue weighted by Crippen LogP contribution is -2.37. The molecule has 1 atom stereocenters. The van der Waals surface area contributed by atoms with Gasteiger partial charge >= 0.3 is 0 Å². The van der Waals surface area contributed by atoms with Crippen molar-refractivity contribution in [3.63, 3.8) is 0 Å². The molecule has 2 aromatic rings. The highest BCUT2D eigenvalue weighted by atomic mass is 32.2.